The Balaban J connectivity index is 0.00000199. The maximum Gasteiger partial charge on any atom is 0.0988 e. The molecule has 6 heteroatoms. The van der Waals surface area contributed by atoms with Crippen molar-refractivity contribution in [2.24, 2.45) is 0 Å². The lowest BCUT2D eigenvalue weighted by atomic mass is 10.0. The molecule has 308 valence electrons. The topological polar surface area (TPSA) is 69.2 Å². The van der Waals surface area contributed by atoms with Crippen molar-refractivity contribution in [2.75, 3.05) is 40.3 Å². The normalized spacial score (nSPS) is 11.9. The van der Waals surface area contributed by atoms with Crippen LogP contribution in [-0.4, -0.2) is 57.7 Å². The Kier molecular flexibility index (Phi) is 37.6. The van der Waals surface area contributed by atoms with Crippen molar-refractivity contribution in [1.82, 2.24) is 5.32 Å². The monoisotopic (exact) mass is 751 g/mol. The van der Waals surface area contributed by atoms with Gasteiger partial charge in [-0.2, -0.15) is 0 Å². The van der Waals surface area contributed by atoms with Crippen LogP contribution in [0.3, 0.4) is 0 Å². The van der Waals surface area contributed by atoms with E-state index in [4.69, 9.17) is 0 Å². The summed E-state index contributed by atoms with van der Waals surface area (Å²) in [6.07, 6.45) is 45.0. The van der Waals surface area contributed by atoms with Crippen LogP contribution in [0.15, 0.2) is 30.3 Å². The summed E-state index contributed by atoms with van der Waals surface area (Å²) in [4.78, 5) is 0. The minimum Gasteiger partial charge on any atom is -0.748 e. The van der Waals surface area contributed by atoms with Gasteiger partial charge in [-0.3, -0.25) is 0 Å². The summed E-state index contributed by atoms with van der Waals surface area (Å²) in [7, 11) is 0.757. The maximum atomic E-state index is 10.2. The summed E-state index contributed by atoms with van der Waals surface area (Å²) in [5.74, 6) is -0.423. The van der Waals surface area contributed by atoms with Crippen LogP contribution in [0.1, 0.15) is 218 Å². The van der Waals surface area contributed by atoms with Crippen LogP contribution < -0.4 is 5.32 Å². The van der Waals surface area contributed by atoms with Crippen LogP contribution in [0.2, 0.25) is 0 Å². The molecule has 5 nitrogen and oxygen atoms in total. The zero-order valence-corrected chi connectivity index (χ0v) is 36.2. The molecular formula is C46H90N2O3S. The van der Waals surface area contributed by atoms with Crippen molar-refractivity contribution >= 4 is 10.1 Å². The fraction of sp³-hybridized carbons (Fsp3) is 0.870. The third kappa shape index (κ3) is 41.8. The van der Waals surface area contributed by atoms with Crippen molar-refractivity contribution in [2.45, 2.75) is 219 Å². The van der Waals surface area contributed by atoms with E-state index in [9.17, 15) is 13.0 Å². The van der Waals surface area contributed by atoms with Gasteiger partial charge in [0.25, 0.3) is 0 Å². The van der Waals surface area contributed by atoms with E-state index in [1.54, 1.807) is 30.3 Å². The van der Waals surface area contributed by atoms with Gasteiger partial charge in [0.1, 0.15) is 0 Å². The van der Waals surface area contributed by atoms with Gasteiger partial charge in [-0.25, -0.2) is 8.42 Å². The maximum absolute atomic E-state index is 10.2. The Morgan fingerprint density at radius 3 is 1.13 bits per heavy atom. The highest BCUT2D eigenvalue weighted by Crippen LogP contribution is 2.15. The lowest BCUT2D eigenvalue weighted by Gasteiger charge is -2.30. The van der Waals surface area contributed by atoms with Gasteiger partial charge < -0.3 is 14.4 Å². The van der Waals surface area contributed by atoms with Crippen LogP contribution in [0.4, 0.5) is 0 Å². The van der Waals surface area contributed by atoms with E-state index in [0.29, 0.717) is 5.56 Å². The zero-order valence-electron chi connectivity index (χ0n) is 35.4. The predicted molar refractivity (Wildman–Crippen MR) is 229 cm³/mol. The van der Waals surface area contributed by atoms with E-state index in [-0.39, 0.29) is 0 Å². The minimum atomic E-state index is -4.13. The SMILES string of the molecule is CCCCCCCCCCCCCCCCCCNCCC[N+](C)(C)CCCCCCCCCCCCCCCC.O=S(=O)([O-])Cc1ccccc1. The van der Waals surface area contributed by atoms with Crippen molar-refractivity contribution in [3.8, 4) is 0 Å². The van der Waals surface area contributed by atoms with E-state index in [2.05, 4.69) is 33.3 Å². The van der Waals surface area contributed by atoms with Crippen LogP contribution in [-0.2, 0) is 15.9 Å². The molecule has 0 aliphatic carbocycles. The third-order valence-electron chi connectivity index (χ3n) is 10.6. The van der Waals surface area contributed by atoms with Crippen molar-refractivity contribution in [3.05, 3.63) is 35.9 Å². The molecule has 1 N–H and O–H groups in total. The van der Waals surface area contributed by atoms with Crippen LogP contribution in [0.25, 0.3) is 0 Å². The number of nitrogens with one attached hydrogen (secondary N) is 1. The average Bonchev–Trinajstić information content (AvgIpc) is 3.11. The molecule has 0 aromatic heterocycles. The smallest absolute Gasteiger partial charge is 0.0988 e. The van der Waals surface area contributed by atoms with Crippen LogP contribution >= 0.6 is 0 Å². The lowest BCUT2D eigenvalue weighted by Crippen LogP contribution is -2.42. The van der Waals surface area contributed by atoms with Crippen LogP contribution in [0, 0.1) is 0 Å². The number of quaternary nitrogens is 1. The summed E-state index contributed by atoms with van der Waals surface area (Å²) < 4.78 is 31.9. The largest absolute Gasteiger partial charge is 0.748 e. The quantitative estimate of drug-likeness (QED) is 0.0415. The molecule has 0 bridgehead atoms. The number of benzene rings is 1. The second kappa shape index (κ2) is 38.3. The number of unbranched alkanes of at least 4 members (excludes halogenated alkanes) is 28. The van der Waals surface area contributed by atoms with E-state index in [0.717, 1.165) is 0 Å². The Hall–Kier alpha value is -0.950. The summed E-state index contributed by atoms with van der Waals surface area (Å²) >= 11 is 0. The third-order valence-corrected chi connectivity index (χ3v) is 11.3. The van der Waals surface area contributed by atoms with Gasteiger partial charge >= 0.3 is 0 Å². The second-order valence-electron chi connectivity index (χ2n) is 16.6. The molecule has 0 radical (unpaired) electrons. The van der Waals surface area contributed by atoms with Crippen molar-refractivity contribution < 1.29 is 17.5 Å². The molecule has 0 saturated carbocycles. The number of hydrogen-bond donors (Lipinski definition) is 1. The highest BCUT2D eigenvalue weighted by molar-refractivity contribution is 7.84. The molecule has 1 aromatic carbocycles. The number of nitrogens with zero attached hydrogens (tertiary/aromatic N) is 1. The van der Waals surface area contributed by atoms with Gasteiger partial charge in [-0.15, -0.1) is 0 Å². The Morgan fingerprint density at radius 1 is 0.462 bits per heavy atom. The summed E-state index contributed by atoms with van der Waals surface area (Å²) in [6, 6.07) is 8.37. The summed E-state index contributed by atoms with van der Waals surface area (Å²) in [6.45, 7) is 9.73. The molecule has 0 aliphatic heterocycles. The first kappa shape index (κ1) is 51.0. The molecule has 0 amide bonds. The van der Waals surface area contributed by atoms with Gasteiger partial charge in [0.15, 0.2) is 0 Å². The second-order valence-corrected chi connectivity index (χ2v) is 18.0. The molecule has 0 spiro atoms. The van der Waals surface area contributed by atoms with Gasteiger partial charge in [0.05, 0.1) is 43.1 Å². The first-order valence-electron chi connectivity index (χ1n) is 22.7. The fourth-order valence-corrected chi connectivity index (χ4v) is 7.78. The molecule has 0 aliphatic rings. The molecule has 52 heavy (non-hydrogen) atoms. The first-order chi connectivity index (χ1) is 25.2. The zero-order chi connectivity index (χ0) is 38.3. The van der Waals surface area contributed by atoms with Gasteiger partial charge in [0, 0.05) is 13.0 Å². The number of rotatable bonds is 38. The summed E-state index contributed by atoms with van der Waals surface area (Å²) in [5, 5.41) is 3.72. The minimum absolute atomic E-state index is 0.423. The Morgan fingerprint density at radius 2 is 0.769 bits per heavy atom. The van der Waals surface area contributed by atoms with Crippen molar-refractivity contribution in [3.63, 3.8) is 0 Å². The highest BCUT2D eigenvalue weighted by Gasteiger charge is 2.13. The Labute approximate surface area is 326 Å². The van der Waals surface area contributed by atoms with E-state index >= 15 is 0 Å². The van der Waals surface area contributed by atoms with Gasteiger partial charge in [-0.05, 0) is 31.4 Å². The lowest BCUT2D eigenvalue weighted by molar-refractivity contribution is -0.890. The molecule has 0 saturated heterocycles. The molecule has 1 aromatic rings. The van der Waals surface area contributed by atoms with E-state index in [1.807, 2.05) is 0 Å². The molecule has 0 heterocycles. The molecule has 0 fully saturated rings. The standard InChI is InChI=1S/C39H83N2.C7H8O3S/c1-5-7-9-11-13-15-17-19-21-22-23-25-27-29-31-33-36-40-37-35-39-41(3,4)38-34-32-30-28-26-24-20-18-16-14-12-10-8-6-2;8-11(9,10)6-7-4-2-1-3-5-7/h40H,5-39H2,1-4H3;1-5H,6H2,(H,8,9,10)/q+1;/p-1. The van der Waals surface area contributed by atoms with Crippen molar-refractivity contribution in [1.29, 1.82) is 0 Å². The first-order valence-corrected chi connectivity index (χ1v) is 24.3. The van der Waals surface area contributed by atoms with E-state index in [1.165, 1.54) is 230 Å². The average molecular weight is 751 g/mol. The highest BCUT2D eigenvalue weighted by atomic mass is 32.2. The van der Waals surface area contributed by atoms with Gasteiger partial charge in [0.2, 0.25) is 0 Å². The number of hydrogen-bond acceptors (Lipinski definition) is 4. The van der Waals surface area contributed by atoms with Gasteiger partial charge in [-0.1, -0.05) is 218 Å². The molecule has 0 atom stereocenters. The summed E-state index contributed by atoms with van der Waals surface area (Å²) in [5.41, 5.74) is 0.530. The molecular weight excluding hydrogens is 661 g/mol. The van der Waals surface area contributed by atoms with E-state index < -0.39 is 15.9 Å². The molecule has 0 unspecified atom stereocenters. The van der Waals surface area contributed by atoms with Crippen LogP contribution in [0.5, 0.6) is 0 Å². The fourth-order valence-electron chi connectivity index (χ4n) is 7.18. The Bertz CT molecular complexity index is 938. The molecule has 1 rings (SSSR count). The predicted octanol–water partition coefficient (Wildman–Crippen LogP) is 13.5.